The number of hydrogen-bond donors (Lipinski definition) is 0. The van der Waals surface area contributed by atoms with Gasteiger partial charge < -0.3 is 9.08 Å². The fourth-order valence-corrected chi connectivity index (χ4v) is 2.35. The number of aromatic nitrogens is 4. The number of benzene rings is 1. The van der Waals surface area contributed by atoms with E-state index < -0.39 is 0 Å². The maximum absolute atomic E-state index is 12.0. The molecule has 0 atom stereocenters. The molecule has 2 rings (SSSR count). The molecule has 118 valence electrons. The second-order valence-electron chi connectivity index (χ2n) is 4.57. The molecule has 0 aliphatic carbocycles. The van der Waals surface area contributed by atoms with Crippen molar-refractivity contribution in [3.05, 3.63) is 30.3 Å². The van der Waals surface area contributed by atoms with E-state index in [1.165, 1.54) is 4.68 Å². The summed E-state index contributed by atoms with van der Waals surface area (Å²) < 4.78 is 6.77. The number of tetrazole rings is 1. The fraction of sp³-hybridized carbons (Fsp3) is 0.429. The van der Waals surface area contributed by atoms with Gasteiger partial charge in [0.1, 0.15) is 12.0 Å². The molecule has 7 nitrogen and oxygen atoms in total. The summed E-state index contributed by atoms with van der Waals surface area (Å²) in [5, 5.41) is 11.8. The van der Waals surface area contributed by atoms with Gasteiger partial charge in [0, 0.05) is 13.1 Å². The van der Waals surface area contributed by atoms with Crippen LogP contribution in [-0.2, 0) is 4.18 Å². The van der Waals surface area contributed by atoms with E-state index in [0.717, 1.165) is 30.6 Å². The summed E-state index contributed by atoms with van der Waals surface area (Å²) in [7, 11) is 0. The predicted octanol–water partition coefficient (Wildman–Crippen LogP) is 2.93. The molecule has 0 aliphatic heterocycles. The molecule has 0 saturated carbocycles. The quantitative estimate of drug-likeness (QED) is 0.730. The Morgan fingerprint density at radius 1 is 1.32 bits per heavy atom. The lowest BCUT2D eigenvalue weighted by molar-refractivity contribution is 0.161. The lowest BCUT2D eigenvalue weighted by Crippen LogP contribution is -2.31. The Morgan fingerprint density at radius 3 is 2.77 bits per heavy atom. The number of hydrogen-bond acceptors (Lipinski definition) is 6. The van der Waals surface area contributed by atoms with Crippen LogP contribution in [0.25, 0.3) is 5.69 Å². The van der Waals surface area contributed by atoms with Gasteiger partial charge in [-0.15, -0.1) is 0 Å². The standard InChI is InChI=1S/C14H19N5O2S/c1-3-5-11-18(4-2)14(20)21-22-13-15-16-17-19(13)12-9-7-6-8-10-12/h6-10H,3-5,11H2,1-2H3. The van der Waals surface area contributed by atoms with E-state index in [4.69, 9.17) is 4.18 Å². The van der Waals surface area contributed by atoms with Crippen molar-refractivity contribution < 1.29 is 8.98 Å². The Kier molecular flexibility index (Phi) is 6.20. The number of nitrogens with zero attached hydrogens (tertiary/aromatic N) is 5. The zero-order valence-electron chi connectivity index (χ0n) is 12.7. The lowest BCUT2D eigenvalue weighted by Gasteiger charge is -2.18. The van der Waals surface area contributed by atoms with Crippen molar-refractivity contribution in [3.63, 3.8) is 0 Å². The van der Waals surface area contributed by atoms with Gasteiger partial charge in [-0.05, 0) is 35.9 Å². The van der Waals surface area contributed by atoms with Gasteiger partial charge in [-0.2, -0.15) is 4.68 Å². The van der Waals surface area contributed by atoms with E-state index >= 15 is 0 Å². The van der Waals surface area contributed by atoms with Crippen LogP contribution >= 0.6 is 12.0 Å². The minimum atomic E-state index is -0.372. The average Bonchev–Trinajstić information content (AvgIpc) is 3.03. The lowest BCUT2D eigenvalue weighted by atomic mass is 10.3. The minimum Gasteiger partial charge on any atom is -0.366 e. The molecule has 0 fully saturated rings. The van der Waals surface area contributed by atoms with Crippen LogP contribution in [0.2, 0.25) is 0 Å². The molecule has 2 aromatic rings. The largest absolute Gasteiger partial charge is 0.422 e. The Bertz CT molecular complexity index is 590. The SMILES string of the molecule is CCCCN(CC)C(=O)OSc1nnnn1-c1ccccc1. The zero-order valence-corrected chi connectivity index (χ0v) is 13.5. The summed E-state index contributed by atoms with van der Waals surface area (Å²) >= 11 is 0.869. The van der Waals surface area contributed by atoms with Gasteiger partial charge in [0.05, 0.1) is 5.69 Å². The van der Waals surface area contributed by atoms with E-state index in [0.29, 0.717) is 18.2 Å². The Labute approximate surface area is 133 Å². The van der Waals surface area contributed by atoms with Crippen LogP contribution in [0, 0.1) is 0 Å². The van der Waals surface area contributed by atoms with Gasteiger partial charge in [0.15, 0.2) is 0 Å². The van der Waals surface area contributed by atoms with Gasteiger partial charge in [0.2, 0.25) is 0 Å². The Morgan fingerprint density at radius 2 is 2.09 bits per heavy atom. The first-order chi connectivity index (χ1) is 10.8. The van der Waals surface area contributed by atoms with E-state index in [1.807, 2.05) is 37.3 Å². The van der Waals surface area contributed by atoms with Gasteiger partial charge in [0.25, 0.3) is 5.16 Å². The summed E-state index contributed by atoms with van der Waals surface area (Å²) in [6.45, 7) is 5.32. The van der Waals surface area contributed by atoms with Crippen molar-refractivity contribution in [3.8, 4) is 5.69 Å². The molecule has 1 heterocycles. The maximum atomic E-state index is 12.0. The summed E-state index contributed by atoms with van der Waals surface area (Å²) in [6, 6.07) is 9.44. The molecule has 1 aromatic carbocycles. The van der Waals surface area contributed by atoms with Crippen molar-refractivity contribution >= 4 is 18.1 Å². The van der Waals surface area contributed by atoms with Crippen molar-refractivity contribution in [1.82, 2.24) is 25.1 Å². The number of carbonyl (C=O) groups excluding carboxylic acids is 1. The average molecular weight is 321 g/mol. The van der Waals surface area contributed by atoms with Crippen molar-refractivity contribution in [2.45, 2.75) is 31.8 Å². The molecule has 0 radical (unpaired) electrons. The highest BCUT2D eigenvalue weighted by atomic mass is 32.2. The third kappa shape index (κ3) is 4.20. The van der Waals surface area contributed by atoms with Crippen molar-refractivity contribution in [2.24, 2.45) is 0 Å². The van der Waals surface area contributed by atoms with Gasteiger partial charge in [-0.3, -0.25) is 0 Å². The first-order valence-electron chi connectivity index (χ1n) is 7.23. The smallest absolute Gasteiger partial charge is 0.366 e. The summed E-state index contributed by atoms with van der Waals surface area (Å²) in [4.78, 5) is 13.7. The second kappa shape index (κ2) is 8.38. The van der Waals surface area contributed by atoms with Crippen LogP contribution in [0.3, 0.4) is 0 Å². The van der Waals surface area contributed by atoms with Gasteiger partial charge in [-0.1, -0.05) is 36.6 Å². The highest BCUT2D eigenvalue weighted by molar-refractivity contribution is 7.94. The summed E-state index contributed by atoms with van der Waals surface area (Å²) in [5.41, 5.74) is 0.810. The number of carbonyl (C=O) groups is 1. The molecular weight excluding hydrogens is 302 g/mol. The highest BCUT2D eigenvalue weighted by Gasteiger charge is 2.17. The van der Waals surface area contributed by atoms with Crippen LogP contribution in [-0.4, -0.2) is 44.3 Å². The van der Waals surface area contributed by atoms with E-state index in [-0.39, 0.29) is 6.09 Å². The summed E-state index contributed by atoms with van der Waals surface area (Å²) in [6.07, 6.45) is 1.61. The first-order valence-corrected chi connectivity index (χ1v) is 7.97. The van der Waals surface area contributed by atoms with E-state index in [1.54, 1.807) is 4.90 Å². The third-order valence-corrected chi connectivity index (χ3v) is 3.68. The number of amides is 1. The molecule has 0 bridgehead atoms. The monoisotopic (exact) mass is 321 g/mol. The molecule has 22 heavy (non-hydrogen) atoms. The summed E-state index contributed by atoms with van der Waals surface area (Å²) in [5.74, 6) is 0. The van der Waals surface area contributed by atoms with Crippen LogP contribution in [0.4, 0.5) is 4.79 Å². The van der Waals surface area contributed by atoms with Crippen LogP contribution in [0.15, 0.2) is 35.5 Å². The predicted molar refractivity (Wildman–Crippen MR) is 83.6 cm³/mol. The maximum Gasteiger partial charge on any atom is 0.422 e. The Balaban J connectivity index is 1.98. The normalized spacial score (nSPS) is 10.5. The van der Waals surface area contributed by atoms with Gasteiger partial charge in [-0.25, -0.2) is 4.79 Å². The van der Waals surface area contributed by atoms with Gasteiger partial charge >= 0.3 is 6.09 Å². The van der Waals surface area contributed by atoms with E-state index in [9.17, 15) is 4.79 Å². The molecule has 0 N–H and O–H groups in total. The molecule has 8 heteroatoms. The fourth-order valence-electron chi connectivity index (χ4n) is 1.82. The molecule has 1 aromatic heterocycles. The number of para-hydroxylation sites is 1. The second-order valence-corrected chi connectivity index (χ2v) is 5.27. The highest BCUT2D eigenvalue weighted by Crippen LogP contribution is 2.20. The number of unbranched alkanes of at least 4 members (excludes halogenated alkanes) is 1. The van der Waals surface area contributed by atoms with Crippen molar-refractivity contribution in [1.29, 1.82) is 0 Å². The molecule has 0 aliphatic rings. The van der Waals surface area contributed by atoms with E-state index in [2.05, 4.69) is 22.4 Å². The topological polar surface area (TPSA) is 73.1 Å². The van der Waals surface area contributed by atoms with Crippen LogP contribution < -0.4 is 0 Å². The molecule has 1 amide bonds. The first kappa shape index (κ1) is 16.3. The van der Waals surface area contributed by atoms with Crippen molar-refractivity contribution in [2.75, 3.05) is 13.1 Å². The van der Waals surface area contributed by atoms with Crippen LogP contribution in [0.1, 0.15) is 26.7 Å². The molecule has 0 unspecified atom stereocenters. The molecular formula is C14H19N5O2S. The molecule has 0 spiro atoms. The minimum absolute atomic E-state index is 0.372. The number of rotatable bonds is 7. The zero-order chi connectivity index (χ0) is 15.8. The third-order valence-electron chi connectivity index (χ3n) is 3.05. The Hall–Kier alpha value is -2.09. The molecule has 0 saturated heterocycles. The van der Waals surface area contributed by atoms with Crippen LogP contribution in [0.5, 0.6) is 0 Å².